The Kier molecular flexibility index (Phi) is 4.30. The molecular formula is C12H20F3N2O-. The first-order valence-electron chi connectivity index (χ1n) is 6.10. The molecule has 3 nitrogen and oxygen atoms in total. The van der Waals surface area contributed by atoms with E-state index in [4.69, 9.17) is 5.73 Å². The van der Waals surface area contributed by atoms with E-state index in [-0.39, 0.29) is 31.8 Å². The number of likely N-dealkylation sites (tertiary alicyclic amines) is 1. The Balaban J connectivity index is 2.56. The number of amides is 1. The van der Waals surface area contributed by atoms with Gasteiger partial charge >= 0.3 is 6.18 Å². The summed E-state index contributed by atoms with van der Waals surface area (Å²) in [4.78, 5) is 13.4. The van der Waals surface area contributed by atoms with Crippen molar-refractivity contribution in [2.45, 2.75) is 45.8 Å². The lowest BCUT2D eigenvalue weighted by Gasteiger charge is -2.40. The van der Waals surface area contributed by atoms with Crippen LogP contribution in [0.25, 0.3) is 5.73 Å². The van der Waals surface area contributed by atoms with Gasteiger partial charge in [-0.1, -0.05) is 26.8 Å². The molecule has 1 atom stereocenters. The number of hydrogen-bond acceptors (Lipinski definition) is 1. The number of alkyl halides is 3. The zero-order valence-corrected chi connectivity index (χ0v) is 11.0. The highest BCUT2D eigenvalue weighted by Crippen LogP contribution is 2.34. The molecule has 0 saturated carbocycles. The van der Waals surface area contributed by atoms with Crippen molar-refractivity contribution in [1.29, 1.82) is 0 Å². The fourth-order valence-electron chi connectivity index (χ4n) is 1.98. The number of hydrogen-bond donors (Lipinski definition) is 0. The van der Waals surface area contributed by atoms with E-state index in [0.717, 1.165) is 0 Å². The van der Waals surface area contributed by atoms with E-state index in [1.54, 1.807) is 20.8 Å². The number of nitrogens with one attached hydrogen (secondary N) is 1. The third-order valence-corrected chi connectivity index (χ3v) is 3.38. The van der Waals surface area contributed by atoms with Gasteiger partial charge in [-0.05, 0) is 18.3 Å². The maximum atomic E-state index is 12.5. The van der Waals surface area contributed by atoms with Crippen molar-refractivity contribution in [1.82, 2.24) is 4.90 Å². The van der Waals surface area contributed by atoms with Crippen molar-refractivity contribution in [3.63, 3.8) is 0 Å². The molecule has 0 unspecified atom stereocenters. The van der Waals surface area contributed by atoms with Gasteiger partial charge in [0.25, 0.3) is 0 Å². The number of carbonyl (C=O) groups excluding carboxylic acids is 1. The zero-order valence-electron chi connectivity index (χ0n) is 11.0. The number of rotatable bonds is 1. The summed E-state index contributed by atoms with van der Waals surface area (Å²) in [7, 11) is 0. The Bertz CT molecular complexity index is 301. The molecule has 1 amide bonds. The van der Waals surface area contributed by atoms with Crippen LogP contribution in [0.15, 0.2) is 0 Å². The summed E-state index contributed by atoms with van der Waals surface area (Å²) in [5.74, 6) is -1.66. The Morgan fingerprint density at radius 2 is 1.67 bits per heavy atom. The summed E-state index contributed by atoms with van der Waals surface area (Å²) in [6, 6.07) is -0.917. The second-order valence-corrected chi connectivity index (χ2v) is 5.94. The van der Waals surface area contributed by atoms with Crippen LogP contribution in [0.2, 0.25) is 0 Å². The molecule has 1 aliphatic rings. The van der Waals surface area contributed by atoms with Gasteiger partial charge in [-0.3, -0.25) is 4.79 Å². The molecule has 1 N–H and O–H groups in total. The van der Waals surface area contributed by atoms with Crippen LogP contribution in [-0.4, -0.2) is 36.1 Å². The van der Waals surface area contributed by atoms with Gasteiger partial charge < -0.3 is 10.6 Å². The average molecular weight is 265 g/mol. The van der Waals surface area contributed by atoms with E-state index in [0.29, 0.717) is 0 Å². The van der Waals surface area contributed by atoms with E-state index in [9.17, 15) is 18.0 Å². The molecule has 0 bridgehead atoms. The predicted molar refractivity (Wildman–Crippen MR) is 62.9 cm³/mol. The average Bonchev–Trinajstić information content (AvgIpc) is 2.25. The molecule has 1 heterocycles. The quantitative estimate of drug-likeness (QED) is 0.717. The SMILES string of the molecule is CC(C)(C)[C@@H]([NH-])C(=O)N1CCC(C(F)(F)F)CC1. The minimum Gasteiger partial charge on any atom is -0.666 e. The fraction of sp³-hybridized carbons (Fsp3) is 0.917. The van der Waals surface area contributed by atoms with Crippen molar-refractivity contribution in [2.24, 2.45) is 11.3 Å². The summed E-state index contributed by atoms with van der Waals surface area (Å²) in [5, 5.41) is 0. The second kappa shape index (κ2) is 5.07. The van der Waals surface area contributed by atoms with E-state index in [1.165, 1.54) is 4.90 Å². The Hall–Kier alpha value is -0.780. The van der Waals surface area contributed by atoms with Crippen LogP contribution in [-0.2, 0) is 4.79 Å². The molecule has 0 aromatic rings. The standard InChI is InChI=1S/C12H20F3N2O/c1-11(2,3)9(16)10(18)17-6-4-8(5-7-17)12(13,14)15/h8-9,16H,4-7H2,1-3H3/q-1/t9-/m0/s1. The number of nitrogens with zero attached hydrogens (tertiary/aromatic N) is 1. The number of halogens is 3. The third kappa shape index (κ3) is 3.60. The molecular weight excluding hydrogens is 245 g/mol. The van der Waals surface area contributed by atoms with Gasteiger partial charge in [0, 0.05) is 13.1 Å². The molecule has 0 aromatic heterocycles. The van der Waals surface area contributed by atoms with Gasteiger partial charge in [0.15, 0.2) is 0 Å². The summed E-state index contributed by atoms with van der Waals surface area (Å²) >= 11 is 0. The van der Waals surface area contributed by atoms with E-state index in [1.807, 2.05) is 0 Å². The first-order chi connectivity index (χ1) is 8.03. The van der Waals surface area contributed by atoms with Crippen molar-refractivity contribution in [3.8, 4) is 0 Å². The van der Waals surface area contributed by atoms with Gasteiger partial charge in [-0.2, -0.15) is 13.2 Å². The summed E-state index contributed by atoms with van der Waals surface area (Å²) < 4.78 is 37.4. The molecule has 1 rings (SSSR count). The molecule has 1 aliphatic heterocycles. The highest BCUT2D eigenvalue weighted by atomic mass is 19.4. The van der Waals surface area contributed by atoms with E-state index >= 15 is 0 Å². The highest BCUT2D eigenvalue weighted by molar-refractivity contribution is 5.84. The first kappa shape index (κ1) is 15.3. The molecule has 1 saturated heterocycles. The molecule has 6 heteroatoms. The minimum atomic E-state index is -4.17. The van der Waals surface area contributed by atoms with Crippen LogP contribution < -0.4 is 0 Å². The van der Waals surface area contributed by atoms with Crippen molar-refractivity contribution in [3.05, 3.63) is 5.73 Å². The summed E-state index contributed by atoms with van der Waals surface area (Å²) in [6.45, 7) is 5.56. The maximum absolute atomic E-state index is 12.5. The van der Waals surface area contributed by atoms with Gasteiger partial charge in [0.1, 0.15) is 0 Å². The minimum absolute atomic E-state index is 0.0495. The van der Waals surface area contributed by atoms with Crippen LogP contribution in [0.5, 0.6) is 0 Å². The molecule has 0 spiro atoms. The van der Waals surface area contributed by atoms with Crippen LogP contribution in [0.1, 0.15) is 33.6 Å². The Morgan fingerprint density at radius 1 is 1.22 bits per heavy atom. The third-order valence-electron chi connectivity index (χ3n) is 3.38. The van der Waals surface area contributed by atoms with Gasteiger partial charge in [-0.25, -0.2) is 0 Å². The van der Waals surface area contributed by atoms with Crippen molar-refractivity contribution < 1.29 is 18.0 Å². The number of carbonyl (C=O) groups is 1. The lowest BCUT2D eigenvalue weighted by atomic mass is 9.86. The summed E-state index contributed by atoms with van der Waals surface area (Å²) in [6.07, 6.45) is -4.27. The predicted octanol–water partition coefficient (Wildman–Crippen LogP) is 3.25. The molecule has 0 aromatic carbocycles. The fourth-order valence-corrected chi connectivity index (χ4v) is 1.98. The topological polar surface area (TPSA) is 44.1 Å². The lowest BCUT2D eigenvalue weighted by molar-refractivity contribution is -0.186. The van der Waals surface area contributed by atoms with Crippen molar-refractivity contribution in [2.75, 3.05) is 13.1 Å². The molecule has 18 heavy (non-hydrogen) atoms. The van der Waals surface area contributed by atoms with Crippen LogP contribution in [0.3, 0.4) is 0 Å². The molecule has 1 fully saturated rings. The smallest absolute Gasteiger partial charge is 0.391 e. The lowest BCUT2D eigenvalue weighted by Crippen LogP contribution is -2.48. The monoisotopic (exact) mass is 265 g/mol. The van der Waals surface area contributed by atoms with Gasteiger partial charge in [0.05, 0.1) is 5.92 Å². The molecule has 106 valence electrons. The Labute approximate surface area is 106 Å². The maximum Gasteiger partial charge on any atom is 0.391 e. The van der Waals surface area contributed by atoms with Gasteiger partial charge in [-0.15, -0.1) is 0 Å². The van der Waals surface area contributed by atoms with Gasteiger partial charge in [0.2, 0.25) is 5.91 Å². The molecule has 0 radical (unpaired) electrons. The zero-order chi connectivity index (χ0) is 14.1. The van der Waals surface area contributed by atoms with Crippen LogP contribution in [0.4, 0.5) is 13.2 Å². The Morgan fingerprint density at radius 3 is 2.00 bits per heavy atom. The number of piperidine rings is 1. The normalized spacial score (nSPS) is 20.9. The molecule has 0 aliphatic carbocycles. The largest absolute Gasteiger partial charge is 0.666 e. The van der Waals surface area contributed by atoms with E-state index in [2.05, 4.69) is 0 Å². The van der Waals surface area contributed by atoms with E-state index < -0.39 is 23.6 Å². The van der Waals surface area contributed by atoms with Crippen molar-refractivity contribution >= 4 is 5.91 Å². The van der Waals surface area contributed by atoms with Crippen LogP contribution >= 0.6 is 0 Å². The van der Waals surface area contributed by atoms with Crippen LogP contribution in [0, 0.1) is 11.3 Å². The first-order valence-corrected chi connectivity index (χ1v) is 6.10. The second-order valence-electron chi connectivity index (χ2n) is 5.94. The highest BCUT2D eigenvalue weighted by Gasteiger charge is 2.42. The summed E-state index contributed by atoms with van der Waals surface area (Å²) in [5.41, 5.74) is 7.34.